The summed E-state index contributed by atoms with van der Waals surface area (Å²) in [4.78, 5) is 24.2. The monoisotopic (exact) mass is 242 g/mol. The lowest BCUT2D eigenvalue weighted by Gasteiger charge is -2.30. The fraction of sp³-hybridized carbons (Fsp3) is 0.818. The largest absolute Gasteiger partial charge is 0.479 e. The van der Waals surface area contributed by atoms with Crippen molar-refractivity contribution < 1.29 is 19.4 Å². The fourth-order valence-electron chi connectivity index (χ4n) is 1.83. The topological polar surface area (TPSA) is 78.9 Å². The number of amides is 1. The molecule has 2 rings (SSSR count). The van der Waals surface area contributed by atoms with Crippen LogP contribution in [-0.4, -0.2) is 60.8 Å². The Bertz CT molecular complexity index is 304. The molecule has 0 aromatic heterocycles. The van der Waals surface area contributed by atoms with E-state index in [1.165, 1.54) is 12.8 Å². The molecule has 1 atom stereocenters. The molecule has 2 fully saturated rings. The van der Waals surface area contributed by atoms with Crippen molar-refractivity contribution in [1.82, 2.24) is 10.2 Å². The molecule has 2 N–H and O–H groups in total. The lowest BCUT2D eigenvalue weighted by atomic mass is 10.2. The van der Waals surface area contributed by atoms with Gasteiger partial charge in [0.05, 0.1) is 13.2 Å². The maximum Gasteiger partial charge on any atom is 0.334 e. The summed E-state index contributed by atoms with van der Waals surface area (Å²) in [6, 6.07) is 0. The minimum absolute atomic E-state index is 0.0251. The molecule has 0 spiro atoms. The summed E-state index contributed by atoms with van der Waals surface area (Å²) in [5, 5.41) is 11.7. The van der Waals surface area contributed by atoms with Gasteiger partial charge in [0.15, 0.2) is 6.10 Å². The second-order valence-electron chi connectivity index (χ2n) is 4.68. The zero-order valence-corrected chi connectivity index (χ0v) is 9.72. The van der Waals surface area contributed by atoms with Gasteiger partial charge >= 0.3 is 5.97 Å². The third-order valence-corrected chi connectivity index (χ3v) is 3.08. The van der Waals surface area contributed by atoms with E-state index < -0.39 is 12.1 Å². The molecular formula is C11H18N2O4. The average Bonchev–Trinajstić information content (AvgIpc) is 3.10. The van der Waals surface area contributed by atoms with E-state index in [-0.39, 0.29) is 19.0 Å². The molecule has 0 bridgehead atoms. The van der Waals surface area contributed by atoms with Crippen LogP contribution in [0.3, 0.4) is 0 Å². The number of carbonyl (C=O) groups is 2. The van der Waals surface area contributed by atoms with Gasteiger partial charge in [0, 0.05) is 19.6 Å². The molecule has 2 aliphatic rings. The van der Waals surface area contributed by atoms with Crippen LogP contribution in [0, 0.1) is 5.92 Å². The predicted molar refractivity (Wildman–Crippen MR) is 59.5 cm³/mol. The van der Waals surface area contributed by atoms with Crippen molar-refractivity contribution in [2.75, 3.05) is 32.8 Å². The van der Waals surface area contributed by atoms with Crippen molar-refractivity contribution in [1.29, 1.82) is 0 Å². The summed E-state index contributed by atoms with van der Waals surface area (Å²) < 4.78 is 5.09. The van der Waals surface area contributed by atoms with E-state index in [2.05, 4.69) is 5.32 Å². The molecule has 1 unspecified atom stereocenters. The number of carboxylic acids is 1. The highest BCUT2D eigenvalue weighted by Crippen LogP contribution is 2.27. The molecule has 96 valence electrons. The van der Waals surface area contributed by atoms with Gasteiger partial charge in [-0.2, -0.15) is 0 Å². The Kier molecular flexibility index (Phi) is 3.96. The SMILES string of the molecule is O=C(CN1CCOC(C(=O)O)C1)NCC1CC1. The Morgan fingerprint density at radius 1 is 1.41 bits per heavy atom. The van der Waals surface area contributed by atoms with Crippen molar-refractivity contribution in [3.63, 3.8) is 0 Å². The molecule has 1 saturated heterocycles. The molecule has 17 heavy (non-hydrogen) atoms. The summed E-state index contributed by atoms with van der Waals surface area (Å²) in [5.41, 5.74) is 0. The summed E-state index contributed by atoms with van der Waals surface area (Å²) in [6.07, 6.45) is 1.61. The van der Waals surface area contributed by atoms with Crippen LogP contribution in [0.2, 0.25) is 0 Å². The van der Waals surface area contributed by atoms with Crippen LogP contribution in [0.4, 0.5) is 0 Å². The molecule has 1 saturated carbocycles. The van der Waals surface area contributed by atoms with Gasteiger partial charge in [-0.3, -0.25) is 9.69 Å². The van der Waals surface area contributed by atoms with Crippen LogP contribution in [0.5, 0.6) is 0 Å². The molecular weight excluding hydrogens is 224 g/mol. The number of morpholine rings is 1. The molecule has 6 heteroatoms. The lowest BCUT2D eigenvalue weighted by Crippen LogP contribution is -2.49. The number of ether oxygens (including phenoxy) is 1. The van der Waals surface area contributed by atoms with Crippen molar-refractivity contribution >= 4 is 11.9 Å². The van der Waals surface area contributed by atoms with Crippen molar-refractivity contribution in [2.24, 2.45) is 5.92 Å². The van der Waals surface area contributed by atoms with Crippen LogP contribution in [0.15, 0.2) is 0 Å². The van der Waals surface area contributed by atoms with Gasteiger partial charge in [0.1, 0.15) is 0 Å². The highest BCUT2D eigenvalue weighted by molar-refractivity contribution is 5.78. The Balaban J connectivity index is 1.69. The van der Waals surface area contributed by atoms with Crippen LogP contribution in [0.1, 0.15) is 12.8 Å². The van der Waals surface area contributed by atoms with Gasteiger partial charge < -0.3 is 15.2 Å². The smallest absolute Gasteiger partial charge is 0.334 e. The first-order chi connectivity index (χ1) is 8.15. The molecule has 6 nitrogen and oxygen atoms in total. The third kappa shape index (κ3) is 3.98. The third-order valence-electron chi connectivity index (χ3n) is 3.08. The molecule has 1 aliphatic heterocycles. The number of aliphatic carboxylic acids is 1. The zero-order valence-electron chi connectivity index (χ0n) is 9.72. The standard InChI is InChI=1S/C11H18N2O4/c14-10(12-5-8-1-2-8)7-13-3-4-17-9(6-13)11(15)16/h8-9H,1-7H2,(H,12,14)(H,15,16). The normalized spacial score (nSPS) is 25.5. The van der Waals surface area contributed by atoms with E-state index in [0.29, 0.717) is 19.1 Å². The average molecular weight is 242 g/mol. The van der Waals surface area contributed by atoms with Gasteiger partial charge in [0.2, 0.25) is 5.91 Å². The van der Waals surface area contributed by atoms with E-state index in [0.717, 1.165) is 6.54 Å². The first-order valence-electron chi connectivity index (χ1n) is 5.98. The van der Waals surface area contributed by atoms with E-state index in [1.54, 1.807) is 0 Å². The van der Waals surface area contributed by atoms with Crippen molar-refractivity contribution in [3.05, 3.63) is 0 Å². The van der Waals surface area contributed by atoms with Crippen LogP contribution in [-0.2, 0) is 14.3 Å². The van der Waals surface area contributed by atoms with E-state index >= 15 is 0 Å². The van der Waals surface area contributed by atoms with Gasteiger partial charge in [-0.25, -0.2) is 4.79 Å². The van der Waals surface area contributed by atoms with Gasteiger partial charge in [-0.05, 0) is 18.8 Å². The van der Waals surface area contributed by atoms with Crippen molar-refractivity contribution in [3.8, 4) is 0 Å². The number of hydrogen-bond donors (Lipinski definition) is 2. The Labute approximate surface area is 99.9 Å². The molecule has 0 aromatic carbocycles. The summed E-state index contributed by atoms with van der Waals surface area (Å²) in [5.74, 6) is -0.327. The highest BCUT2D eigenvalue weighted by Gasteiger charge is 2.27. The Hall–Kier alpha value is -1.14. The zero-order chi connectivity index (χ0) is 12.3. The highest BCUT2D eigenvalue weighted by atomic mass is 16.5. The van der Waals surface area contributed by atoms with Gasteiger partial charge in [0.25, 0.3) is 0 Å². The number of carboxylic acid groups (broad SMARTS) is 1. The van der Waals surface area contributed by atoms with E-state index in [4.69, 9.17) is 9.84 Å². The predicted octanol–water partition coefficient (Wildman–Crippen LogP) is -0.702. The Morgan fingerprint density at radius 2 is 2.18 bits per heavy atom. The van der Waals surface area contributed by atoms with Crippen LogP contribution < -0.4 is 5.32 Å². The second kappa shape index (κ2) is 5.46. The number of carbonyl (C=O) groups excluding carboxylic acids is 1. The van der Waals surface area contributed by atoms with Gasteiger partial charge in [-0.1, -0.05) is 0 Å². The lowest BCUT2D eigenvalue weighted by molar-refractivity contribution is -0.156. The molecule has 1 heterocycles. The van der Waals surface area contributed by atoms with Gasteiger partial charge in [-0.15, -0.1) is 0 Å². The first kappa shape index (κ1) is 12.3. The maximum atomic E-state index is 11.6. The summed E-state index contributed by atoms with van der Waals surface area (Å²) >= 11 is 0. The minimum atomic E-state index is -0.965. The number of nitrogens with zero attached hydrogens (tertiary/aromatic N) is 1. The first-order valence-corrected chi connectivity index (χ1v) is 5.98. The Morgan fingerprint density at radius 3 is 2.82 bits per heavy atom. The summed E-state index contributed by atoms with van der Waals surface area (Å²) in [6.45, 7) is 2.28. The van der Waals surface area contributed by atoms with Crippen LogP contribution >= 0.6 is 0 Å². The maximum absolute atomic E-state index is 11.6. The molecule has 1 aliphatic carbocycles. The van der Waals surface area contributed by atoms with E-state index in [9.17, 15) is 9.59 Å². The van der Waals surface area contributed by atoms with Crippen molar-refractivity contribution in [2.45, 2.75) is 18.9 Å². The quantitative estimate of drug-likeness (QED) is 0.666. The molecule has 0 aromatic rings. The number of rotatable bonds is 5. The molecule has 1 amide bonds. The minimum Gasteiger partial charge on any atom is -0.479 e. The number of hydrogen-bond acceptors (Lipinski definition) is 4. The van der Waals surface area contributed by atoms with Crippen LogP contribution in [0.25, 0.3) is 0 Å². The second-order valence-corrected chi connectivity index (χ2v) is 4.68. The fourth-order valence-corrected chi connectivity index (χ4v) is 1.83. The number of nitrogens with one attached hydrogen (secondary N) is 1. The summed E-state index contributed by atoms with van der Waals surface area (Å²) in [7, 11) is 0. The van der Waals surface area contributed by atoms with E-state index in [1.807, 2.05) is 4.90 Å². The molecule has 0 radical (unpaired) electrons.